The van der Waals surface area contributed by atoms with Gasteiger partial charge in [-0.3, -0.25) is 29.4 Å². The summed E-state index contributed by atoms with van der Waals surface area (Å²) in [6.45, 7) is 1.52. The van der Waals surface area contributed by atoms with E-state index >= 15 is 0 Å². The first-order valence-corrected chi connectivity index (χ1v) is 11.1. The number of nitrogens with one attached hydrogen (secondary N) is 2. The summed E-state index contributed by atoms with van der Waals surface area (Å²) < 4.78 is 31.5. The van der Waals surface area contributed by atoms with Crippen LogP contribution in [0, 0.1) is 10.1 Å². The van der Waals surface area contributed by atoms with E-state index in [0.717, 1.165) is 0 Å². The van der Waals surface area contributed by atoms with Gasteiger partial charge in [-0.1, -0.05) is 24.3 Å². The van der Waals surface area contributed by atoms with Gasteiger partial charge < -0.3 is 10.1 Å². The fraction of sp³-hybridized carbons (Fsp3) is 0.250. The molecular formula is C20H20N4O7S. The molecule has 32 heavy (non-hydrogen) atoms. The molecular weight excluding hydrogens is 440 g/mol. The zero-order valence-corrected chi connectivity index (χ0v) is 17.8. The van der Waals surface area contributed by atoms with Crippen LogP contribution in [0.5, 0.6) is 0 Å². The van der Waals surface area contributed by atoms with Crippen LogP contribution in [0.4, 0.5) is 11.4 Å². The van der Waals surface area contributed by atoms with Gasteiger partial charge in [0.25, 0.3) is 21.6 Å². The predicted molar refractivity (Wildman–Crippen MR) is 115 cm³/mol. The highest BCUT2D eigenvalue weighted by Gasteiger charge is 2.30. The number of rotatable bonds is 8. The van der Waals surface area contributed by atoms with E-state index in [2.05, 4.69) is 15.0 Å². The third kappa shape index (κ3) is 5.27. The van der Waals surface area contributed by atoms with Crippen molar-refractivity contribution < 1.29 is 27.7 Å². The Labute approximate surface area is 183 Å². The lowest BCUT2D eigenvalue weighted by Gasteiger charge is -2.13. The number of benzene rings is 2. The van der Waals surface area contributed by atoms with Gasteiger partial charge in [-0.15, -0.1) is 0 Å². The molecule has 1 atom stereocenters. The number of hydrogen-bond acceptors (Lipinski definition) is 8. The van der Waals surface area contributed by atoms with E-state index in [0.29, 0.717) is 5.56 Å². The first-order chi connectivity index (χ1) is 15.2. The Morgan fingerprint density at radius 3 is 2.62 bits per heavy atom. The Balaban J connectivity index is 1.49. The third-order valence-corrected chi connectivity index (χ3v) is 5.90. The molecule has 1 aliphatic heterocycles. The molecule has 0 spiro atoms. The van der Waals surface area contributed by atoms with Gasteiger partial charge in [0.1, 0.15) is 11.5 Å². The van der Waals surface area contributed by atoms with Gasteiger partial charge in [0.2, 0.25) is 0 Å². The number of amides is 1. The molecule has 0 saturated carbocycles. The van der Waals surface area contributed by atoms with E-state index in [9.17, 15) is 28.1 Å². The van der Waals surface area contributed by atoms with Crippen molar-refractivity contribution in [1.29, 1.82) is 0 Å². The van der Waals surface area contributed by atoms with E-state index in [1.54, 1.807) is 18.2 Å². The number of anilines is 1. The molecule has 0 unspecified atom stereocenters. The fourth-order valence-corrected chi connectivity index (χ4v) is 4.20. The van der Waals surface area contributed by atoms with Crippen molar-refractivity contribution in [1.82, 2.24) is 4.72 Å². The third-order valence-electron chi connectivity index (χ3n) is 4.51. The summed E-state index contributed by atoms with van der Waals surface area (Å²) in [6, 6.07) is 12.1. The topological polar surface area (TPSA) is 157 Å². The average molecular weight is 460 g/mol. The zero-order chi connectivity index (χ0) is 23.3. The van der Waals surface area contributed by atoms with Gasteiger partial charge in [-0.25, -0.2) is 8.42 Å². The SMILES string of the molecule is C[C@H](OC(=O)CCCN=C1NS(=O)(=O)c2ccccc21)C(=O)Nc1ccccc1[N+](=O)[O-]. The molecule has 0 aromatic heterocycles. The number of carbonyl (C=O) groups excluding carboxylic acids is 2. The highest BCUT2D eigenvalue weighted by atomic mass is 32.2. The second-order valence-electron chi connectivity index (χ2n) is 6.83. The van der Waals surface area contributed by atoms with Crippen LogP contribution in [0.2, 0.25) is 0 Å². The number of carbonyl (C=O) groups is 2. The maximum Gasteiger partial charge on any atom is 0.306 e. The van der Waals surface area contributed by atoms with Crippen LogP contribution in [-0.4, -0.2) is 43.7 Å². The molecule has 1 aliphatic rings. The minimum absolute atomic E-state index is 0.000482. The molecule has 0 radical (unpaired) electrons. The van der Waals surface area contributed by atoms with Crippen molar-refractivity contribution in [3.8, 4) is 0 Å². The van der Waals surface area contributed by atoms with Gasteiger partial charge in [-0.2, -0.15) is 0 Å². The van der Waals surface area contributed by atoms with E-state index < -0.39 is 32.9 Å². The molecule has 0 aliphatic carbocycles. The molecule has 1 amide bonds. The van der Waals surface area contributed by atoms with Crippen LogP contribution in [-0.2, 0) is 24.3 Å². The minimum Gasteiger partial charge on any atom is -0.453 e. The van der Waals surface area contributed by atoms with Crippen molar-refractivity contribution in [2.24, 2.45) is 4.99 Å². The van der Waals surface area contributed by atoms with Crippen LogP contribution in [0.1, 0.15) is 25.3 Å². The Bertz CT molecular complexity index is 1190. The summed E-state index contributed by atoms with van der Waals surface area (Å²) in [5.74, 6) is -1.14. The second kappa shape index (κ2) is 9.56. The van der Waals surface area contributed by atoms with Crippen molar-refractivity contribution in [3.63, 3.8) is 0 Å². The first-order valence-electron chi connectivity index (χ1n) is 9.59. The van der Waals surface area contributed by atoms with Gasteiger partial charge >= 0.3 is 5.97 Å². The molecule has 12 heteroatoms. The highest BCUT2D eigenvalue weighted by molar-refractivity contribution is 7.90. The van der Waals surface area contributed by atoms with Crippen LogP contribution in [0.25, 0.3) is 0 Å². The van der Waals surface area contributed by atoms with Crippen LogP contribution in [0.15, 0.2) is 58.4 Å². The smallest absolute Gasteiger partial charge is 0.306 e. The van der Waals surface area contributed by atoms with Crippen molar-refractivity contribution in [3.05, 3.63) is 64.2 Å². The van der Waals surface area contributed by atoms with E-state index in [1.165, 1.54) is 37.3 Å². The minimum atomic E-state index is -3.63. The molecule has 11 nitrogen and oxygen atoms in total. The van der Waals surface area contributed by atoms with Crippen LogP contribution in [0.3, 0.4) is 0 Å². The molecule has 2 aromatic rings. The number of ether oxygens (including phenoxy) is 1. The molecule has 168 valence electrons. The summed E-state index contributed by atoms with van der Waals surface area (Å²) in [7, 11) is -3.63. The lowest BCUT2D eigenvalue weighted by Crippen LogP contribution is -2.30. The van der Waals surface area contributed by atoms with E-state index in [1.807, 2.05) is 0 Å². The zero-order valence-electron chi connectivity index (χ0n) is 17.0. The maximum atomic E-state index is 12.2. The fourth-order valence-electron chi connectivity index (χ4n) is 2.95. The lowest BCUT2D eigenvalue weighted by molar-refractivity contribution is -0.383. The number of nitro benzene ring substituents is 1. The van der Waals surface area contributed by atoms with Gasteiger partial charge in [0.15, 0.2) is 6.10 Å². The molecule has 2 aromatic carbocycles. The number of para-hydroxylation sites is 2. The Morgan fingerprint density at radius 2 is 1.88 bits per heavy atom. The maximum absolute atomic E-state index is 12.2. The van der Waals surface area contributed by atoms with Crippen molar-refractivity contribution in [2.75, 3.05) is 11.9 Å². The Kier molecular flexibility index (Phi) is 6.83. The summed E-state index contributed by atoms with van der Waals surface area (Å²) in [4.78, 5) is 39.0. The molecule has 2 N–H and O–H groups in total. The number of amidine groups is 1. The molecule has 3 rings (SSSR count). The van der Waals surface area contributed by atoms with Crippen molar-refractivity contribution in [2.45, 2.75) is 30.8 Å². The number of sulfonamides is 1. The highest BCUT2D eigenvalue weighted by Crippen LogP contribution is 2.24. The summed E-state index contributed by atoms with van der Waals surface area (Å²) >= 11 is 0. The van der Waals surface area contributed by atoms with Crippen LogP contribution >= 0.6 is 0 Å². The largest absolute Gasteiger partial charge is 0.453 e. The van der Waals surface area contributed by atoms with Gasteiger partial charge in [0, 0.05) is 24.6 Å². The summed E-state index contributed by atoms with van der Waals surface area (Å²) in [5.41, 5.74) is 0.193. The number of nitro groups is 1. The predicted octanol–water partition coefficient (Wildman–Crippen LogP) is 1.98. The number of hydrogen-bond donors (Lipinski definition) is 2. The van der Waals surface area contributed by atoms with Gasteiger partial charge in [-0.05, 0) is 31.5 Å². The molecule has 0 saturated heterocycles. The van der Waals surface area contributed by atoms with E-state index in [-0.39, 0.29) is 41.5 Å². The van der Waals surface area contributed by atoms with Crippen LogP contribution < -0.4 is 10.0 Å². The summed E-state index contributed by atoms with van der Waals surface area (Å²) in [6.07, 6.45) is -0.943. The molecule has 1 heterocycles. The number of fused-ring (bicyclic) bond motifs is 1. The number of esters is 1. The normalized spacial score (nSPS) is 16.0. The number of aliphatic imine (C=N–C) groups is 1. The number of nitrogens with zero attached hydrogens (tertiary/aromatic N) is 2. The Hall–Kier alpha value is -3.80. The average Bonchev–Trinajstić information content (AvgIpc) is 3.01. The monoisotopic (exact) mass is 460 g/mol. The van der Waals surface area contributed by atoms with E-state index in [4.69, 9.17) is 4.74 Å². The first kappa shape index (κ1) is 22.9. The summed E-state index contributed by atoms with van der Waals surface area (Å²) in [5, 5.41) is 13.4. The standard InChI is InChI=1S/C20H20N4O7S/c1-13(20(26)22-15-8-3-4-9-16(15)24(27)28)31-18(25)11-6-12-21-19-14-7-2-5-10-17(14)32(29,30)23-19/h2-5,7-10,13H,6,11-12H2,1H3,(H,21,23)(H,22,26)/t13-/m0/s1. The second-order valence-corrected chi connectivity index (χ2v) is 8.48. The Morgan fingerprint density at radius 1 is 1.19 bits per heavy atom. The van der Waals surface area contributed by atoms with Gasteiger partial charge in [0.05, 0.1) is 9.82 Å². The molecule has 0 bridgehead atoms. The lowest BCUT2D eigenvalue weighted by atomic mass is 10.2. The molecule has 0 fully saturated rings. The van der Waals surface area contributed by atoms with Crippen molar-refractivity contribution >= 4 is 39.1 Å². The quantitative estimate of drug-likeness (QED) is 0.264.